The van der Waals surface area contributed by atoms with E-state index in [-0.39, 0.29) is 0 Å². The summed E-state index contributed by atoms with van der Waals surface area (Å²) in [5.41, 5.74) is 1.94. The van der Waals surface area contributed by atoms with Crippen LogP contribution < -0.4 is 5.32 Å². The summed E-state index contributed by atoms with van der Waals surface area (Å²) < 4.78 is 27.5. The van der Waals surface area contributed by atoms with E-state index in [0.717, 1.165) is 43.4 Å². The van der Waals surface area contributed by atoms with Crippen molar-refractivity contribution in [2.45, 2.75) is 51.0 Å². The maximum Gasteiger partial charge on any atom is 0.243 e. The SMILES string of the molecule is CCNCc1cccc(S(=O)(=O)N2CCCCCC2)c1C. The van der Waals surface area contributed by atoms with E-state index in [0.29, 0.717) is 24.5 Å². The Morgan fingerprint density at radius 2 is 1.81 bits per heavy atom. The van der Waals surface area contributed by atoms with Crippen molar-refractivity contribution < 1.29 is 8.42 Å². The quantitative estimate of drug-likeness (QED) is 0.909. The molecular weight excluding hydrogens is 284 g/mol. The first-order valence-corrected chi connectivity index (χ1v) is 9.30. The van der Waals surface area contributed by atoms with Crippen LogP contribution in [0.3, 0.4) is 0 Å². The Kier molecular flexibility index (Phi) is 5.79. The van der Waals surface area contributed by atoms with Gasteiger partial charge in [0.1, 0.15) is 0 Å². The first-order chi connectivity index (χ1) is 10.1. The predicted octanol–water partition coefficient (Wildman–Crippen LogP) is 2.67. The summed E-state index contributed by atoms with van der Waals surface area (Å²) >= 11 is 0. The van der Waals surface area contributed by atoms with E-state index in [2.05, 4.69) is 5.32 Å². The summed E-state index contributed by atoms with van der Waals surface area (Å²) in [5.74, 6) is 0. The molecule has 4 nitrogen and oxygen atoms in total. The monoisotopic (exact) mass is 310 g/mol. The van der Waals surface area contributed by atoms with E-state index in [9.17, 15) is 8.42 Å². The van der Waals surface area contributed by atoms with E-state index in [1.165, 1.54) is 0 Å². The van der Waals surface area contributed by atoms with Crippen molar-refractivity contribution in [3.8, 4) is 0 Å². The molecule has 1 N–H and O–H groups in total. The Labute approximate surface area is 128 Å². The van der Waals surface area contributed by atoms with Crippen molar-refractivity contribution in [2.75, 3.05) is 19.6 Å². The van der Waals surface area contributed by atoms with Crippen molar-refractivity contribution in [1.29, 1.82) is 0 Å². The van der Waals surface area contributed by atoms with Gasteiger partial charge in [0.05, 0.1) is 4.90 Å². The van der Waals surface area contributed by atoms with Crippen LogP contribution >= 0.6 is 0 Å². The molecule has 0 spiro atoms. The van der Waals surface area contributed by atoms with Gasteiger partial charge in [-0.05, 0) is 43.5 Å². The van der Waals surface area contributed by atoms with E-state index in [1.54, 1.807) is 10.4 Å². The molecule has 0 amide bonds. The van der Waals surface area contributed by atoms with Gasteiger partial charge in [-0.3, -0.25) is 0 Å². The molecule has 21 heavy (non-hydrogen) atoms. The summed E-state index contributed by atoms with van der Waals surface area (Å²) in [5, 5.41) is 3.27. The molecule has 0 radical (unpaired) electrons. The Balaban J connectivity index is 2.30. The highest BCUT2D eigenvalue weighted by molar-refractivity contribution is 7.89. The van der Waals surface area contributed by atoms with Gasteiger partial charge in [-0.1, -0.05) is 31.9 Å². The van der Waals surface area contributed by atoms with Crippen molar-refractivity contribution in [2.24, 2.45) is 0 Å². The molecule has 1 heterocycles. The number of hydrogen-bond donors (Lipinski definition) is 1. The molecular formula is C16H26N2O2S. The van der Waals surface area contributed by atoms with E-state index in [1.807, 2.05) is 26.0 Å². The fourth-order valence-corrected chi connectivity index (χ4v) is 4.60. The van der Waals surface area contributed by atoms with Crippen LogP contribution in [0.2, 0.25) is 0 Å². The lowest BCUT2D eigenvalue weighted by Crippen LogP contribution is -2.32. The third kappa shape index (κ3) is 3.84. The third-order valence-corrected chi connectivity index (χ3v) is 6.19. The first kappa shape index (κ1) is 16.5. The molecule has 0 unspecified atom stereocenters. The number of sulfonamides is 1. The van der Waals surface area contributed by atoms with E-state index >= 15 is 0 Å². The molecule has 2 rings (SSSR count). The number of hydrogen-bond acceptors (Lipinski definition) is 3. The van der Waals surface area contributed by atoms with Gasteiger partial charge in [-0.15, -0.1) is 0 Å². The van der Waals surface area contributed by atoms with Crippen LogP contribution in [0, 0.1) is 6.92 Å². The fourth-order valence-electron chi connectivity index (χ4n) is 2.81. The molecule has 1 aliphatic heterocycles. The summed E-state index contributed by atoms with van der Waals surface area (Å²) in [6.45, 7) is 6.86. The molecule has 1 aromatic carbocycles. The van der Waals surface area contributed by atoms with Crippen LogP contribution in [0.1, 0.15) is 43.7 Å². The number of benzene rings is 1. The molecule has 0 aliphatic carbocycles. The summed E-state index contributed by atoms with van der Waals surface area (Å²) in [6, 6.07) is 5.59. The van der Waals surface area contributed by atoms with Crippen LogP contribution in [-0.4, -0.2) is 32.4 Å². The van der Waals surface area contributed by atoms with Crippen LogP contribution in [-0.2, 0) is 16.6 Å². The molecule has 0 bridgehead atoms. The van der Waals surface area contributed by atoms with E-state index in [4.69, 9.17) is 0 Å². The molecule has 5 heteroatoms. The Morgan fingerprint density at radius 3 is 2.43 bits per heavy atom. The fraction of sp³-hybridized carbons (Fsp3) is 0.625. The maximum atomic E-state index is 12.9. The predicted molar refractivity (Wildman–Crippen MR) is 85.8 cm³/mol. The zero-order chi connectivity index (χ0) is 15.3. The molecule has 118 valence electrons. The van der Waals surface area contributed by atoms with Crippen LogP contribution in [0.15, 0.2) is 23.1 Å². The Bertz CT molecular complexity index is 562. The minimum absolute atomic E-state index is 0.472. The molecule has 1 aliphatic rings. The van der Waals surface area contributed by atoms with Gasteiger partial charge in [-0.25, -0.2) is 8.42 Å². The van der Waals surface area contributed by atoms with E-state index < -0.39 is 10.0 Å². The summed E-state index contributed by atoms with van der Waals surface area (Å²) in [7, 11) is -3.36. The standard InChI is InChI=1S/C16H26N2O2S/c1-3-17-13-15-9-8-10-16(14(15)2)21(19,20)18-11-6-4-5-7-12-18/h8-10,17H,3-7,11-13H2,1-2H3. The lowest BCUT2D eigenvalue weighted by atomic mass is 10.1. The second-order valence-corrected chi connectivity index (χ2v) is 7.55. The highest BCUT2D eigenvalue weighted by Gasteiger charge is 2.27. The van der Waals surface area contributed by atoms with Gasteiger partial charge < -0.3 is 5.32 Å². The summed E-state index contributed by atoms with van der Waals surface area (Å²) in [4.78, 5) is 0.472. The normalized spacial score (nSPS) is 17.6. The molecule has 0 atom stereocenters. The van der Waals surface area contributed by atoms with Crippen molar-refractivity contribution in [3.05, 3.63) is 29.3 Å². The largest absolute Gasteiger partial charge is 0.313 e. The van der Waals surface area contributed by atoms with Crippen LogP contribution in [0.4, 0.5) is 0 Å². The molecule has 0 aromatic heterocycles. The second-order valence-electron chi connectivity index (χ2n) is 5.64. The van der Waals surface area contributed by atoms with Gasteiger partial charge in [0, 0.05) is 19.6 Å². The van der Waals surface area contributed by atoms with Crippen LogP contribution in [0.5, 0.6) is 0 Å². The van der Waals surface area contributed by atoms with Crippen molar-refractivity contribution in [1.82, 2.24) is 9.62 Å². The zero-order valence-electron chi connectivity index (χ0n) is 13.1. The minimum Gasteiger partial charge on any atom is -0.313 e. The lowest BCUT2D eigenvalue weighted by molar-refractivity contribution is 0.423. The minimum atomic E-state index is -3.36. The van der Waals surface area contributed by atoms with Gasteiger partial charge in [-0.2, -0.15) is 4.31 Å². The summed E-state index contributed by atoms with van der Waals surface area (Å²) in [6.07, 6.45) is 4.20. The van der Waals surface area contributed by atoms with Crippen molar-refractivity contribution in [3.63, 3.8) is 0 Å². The highest BCUT2D eigenvalue weighted by Crippen LogP contribution is 2.25. The van der Waals surface area contributed by atoms with Crippen molar-refractivity contribution >= 4 is 10.0 Å². The number of nitrogens with one attached hydrogen (secondary N) is 1. The lowest BCUT2D eigenvalue weighted by Gasteiger charge is -2.22. The van der Waals surface area contributed by atoms with Gasteiger partial charge in [0.2, 0.25) is 10.0 Å². The van der Waals surface area contributed by atoms with Gasteiger partial charge in [0.25, 0.3) is 0 Å². The zero-order valence-corrected chi connectivity index (χ0v) is 13.9. The van der Waals surface area contributed by atoms with Gasteiger partial charge in [0.15, 0.2) is 0 Å². The van der Waals surface area contributed by atoms with Crippen LogP contribution in [0.25, 0.3) is 0 Å². The molecule has 1 aromatic rings. The first-order valence-electron chi connectivity index (χ1n) is 7.86. The Hall–Kier alpha value is -0.910. The maximum absolute atomic E-state index is 12.9. The second kappa shape index (κ2) is 7.38. The number of rotatable bonds is 5. The topological polar surface area (TPSA) is 49.4 Å². The van der Waals surface area contributed by atoms with Gasteiger partial charge >= 0.3 is 0 Å². The number of nitrogens with zero attached hydrogens (tertiary/aromatic N) is 1. The third-order valence-electron chi connectivity index (χ3n) is 4.14. The molecule has 1 fully saturated rings. The Morgan fingerprint density at radius 1 is 1.14 bits per heavy atom. The smallest absolute Gasteiger partial charge is 0.243 e. The molecule has 0 saturated carbocycles. The average molecular weight is 310 g/mol. The highest BCUT2D eigenvalue weighted by atomic mass is 32.2. The average Bonchev–Trinajstić information content (AvgIpc) is 2.75. The molecule has 1 saturated heterocycles.